The molecule has 0 unspecified atom stereocenters. The van der Waals surface area contributed by atoms with Crippen molar-refractivity contribution < 1.29 is 14.3 Å². The van der Waals surface area contributed by atoms with E-state index >= 15 is 0 Å². The van der Waals surface area contributed by atoms with Crippen molar-refractivity contribution in [3.05, 3.63) is 42.1 Å². The minimum atomic E-state index is -0.328. The van der Waals surface area contributed by atoms with Gasteiger partial charge in [-0.3, -0.25) is 9.59 Å². The van der Waals surface area contributed by atoms with E-state index in [1.165, 1.54) is 7.11 Å². The van der Waals surface area contributed by atoms with Crippen LogP contribution in [0, 0.1) is 0 Å². The van der Waals surface area contributed by atoms with Crippen molar-refractivity contribution in [3.63, 3.8) is 0 Å². The fourth-order valence-corrected chi connectivity index (χ4v) is 2.87. The van der Waals surface area contributed by atoms with Crippen molar-refractivity contribution in [1.82, 2.24) is 25.2 Å². The van der Waals surface area contributed by atoms with E-state index in [4.69, 9.17) is 4.74 Å². The van der Waals surface area contributed by atoms with Crippen molar-refractivity contribution in [2.75, 3.05) is 7.11 Å². The molecule has 0 aliphatic carbocycles. The minimum Gasteiger partial charge on any atom is -0.480 e. The van der Waals surface area contributed by atoms with Crippen LogP contribution in [-0.4, -0.2) is 39.5 Å². The molecule has 8 heteroatoms. The molecule has 1 aliphatic heterocycles. The van der Waals surface area contributed by atoms with Crippen LogP contribution < -0.4 is 15.4 Å². The van der Waals surface area contributed by atoms with Gasteiger partial charge in [0, 0.05) is 19.7 Å². The van der Waals surface area contributed by atoms with Crippen molar-refractivity contribution in [2.45, 2.75) is 24.9 Å². The van der Waals surface area contributed by atoms with E-state index in [0.29, 0.717) is 18.4 Å². The molecule has 126 valence electrons. The molecule has 2 aromatic heterocycles. The first-order valence-corrected chi connectivity index (χ1v) is 7.65. The Hall–Kier alpha value is -2.90. The number of carbonyl (C=O) groups excluding carboxylic acids is 2. The van der Waals surface area contributed by atoms with Crippen LogP contribution in [-0.2, 0) is 11.8 Å². The fourth-order valence-electron chi connectivity index (χ4n) is 2.87. The van der Waals surface area contributed by atoms with E-state index in [-0.39, 0.29) is 29.8 Å². The summed E-state index contributed by atoms with van der Waals surface area (Å²) in [5, 5.41) is 5.91. The Balaban J connectivity index is 1.83. The summed E-state index contributed by atoms with van der Waals surface area (Å²) in [4.78, 5) is 32.5. The lowest BCUT2D eigenvalue weighted by molar-refractivity contribution is -0.123. The first-order valence-electron chi connectivity index (χ1n) is 7.65. The molecule has 2 aromatic rings. The molecule has 24 heavy (non-hydrogen) atoms. The Morgan fingerprint density at radius 3 is 3.04 bits per heavy atom. The van der Waals surface area contributed by atoms with Crippen LogP contribution in [0.1, 0.15) is 34.9 Å². The summed E-state index contributed by atoms with van der Waals surface area (Å²) in [6.45, 7) is 0. The van der Waals surface area contributed by atoms with E-state index in [1.807, 2.05) is 11.6 Å². The maximum atomic E-state index is 12.6. The van der Waals surface area contributed by atoms with Gasteiger partial charge in [-0.15, -0.1) is 0 Å². The van der Waals surface area contributed by atoms with Crippen molar-refractivity contribution in [2.24, 2.45) is 7.05 Å². The zero-order valence-electron chi connectivity index (χ0n) is 13.5. The van der Waals surface area contributed by atoms with Crippen LogP contribution in [0.5, 0.6) is 5.88 Å². The van der Waals surface area contributed by atoms with Gasteiger partial charge >= 0.3 is 0 Å². The molecule has 1 aliphatic rings. The van der Waals surface area contributed by atoms with E-state index in [1.54, 1.807) is 30.9 Å². The number of aromatic nitrogens is 3. The topological polar surface area (TPSA) is 98.1 Å². The van der Waals surface area contributed by atoms with Crippen LogP contribution in [0.4, 0.5) is 0 Å². The largest absolute Gasteiger partial charge is 0.480 e. The standard InChI is InChI=1S/C16H19N5O3/c1-21-9-17-8-12(21)14-11(5-6-13(22)20-14)19-15(23)10-4-3-7-18-16(10)24-2/h3-4,7-9,11,14H,5-6H2,1-2H3,(H,19,23)(H,20,22)/t11-,14-/m1/s1. The Labute approximate surface area is 139 Å². The number of hydrogen-bond donors (Lipinski definition) is 2. The number of carbonyl (C=O) groups is 2. The lowest BCUT2D eigenvalue weighted by atomic mass is 9.95. The zero-order chi connectivity index (χ0) is 17.1. The highest BCUT2D eigenvalue weighted by molar-refractivity contribution is 5.96. The van der Waals surface area contributed by atoms with E-state index in [0.717, 1.165) is 5.69 Å². The number of pyridine rings is 1. The number of rotatable bonds is 4. The second-order valence-electron chi connectivity index (χ2n) is 5.65. The molecule has 0 aromatic carbocycles. The molecule has 2 amide bonds. The maximum Gasteiger partial charge on any atom is 0.257 e. The molecule has 2 atom stereocenters. The van der Waals surface area contributed by atoms with Gasteiger partial charge in [0.2, 0.25) is 11.8 Å². The average Bonchev–Trinajstić information content (AvgIpc) is 3.02. The maximum absolute atomic E-state index is 12.6. The lowest BCUT2D eigenvalue weighted by Crippen LogP contribution is -2.50. The number of imidazole rings is 1. The molecule has 8 nitrogen and oxygen atoms in total. The first kappa shape index (κ1) is 16.0. The van der Waals surface area contributed by atoms with Crippen molar-refractivity contribution >= 4 is 11.8 Å². The Bertz CT molecular complexity index is 758. The van der Waals surface area contributed by atoms with Gasteiger partial charge in [0.25, 0.3) is 5.91 Å². The molecule has 3 heterocycles. The van der Waals surface area contributed by atoms with Gasteiger partial charge in [-0.1, -0.05) is 0 Å². The lowest BCUT2D eigenvalue weighted by Gasteiger charge is -2.33. The highest BCUT2D eigenvalue weighted by atomic mass is 16.5. The van der Waals surface area contributed by atoms with Gasteiger partial charge in [0.1, 0.15) is 5.56 Å². The number of aryl methyl sites for hydroxylation is 1. The molecular weight excluding hydrogens is 310 g/mol. The predicted molar refractivity (Wildman–Crippen MR) is 85.4 cm³/mol. The molecule has 0 saturated carbocycles. The average molecular weight is 329 g/mol. The van der Waals surface area contributed by atoms with Crippen LogP contribution in [0.2, 0.25) is 0 Å². The Morgan fingerprint density at radius 1 is 1.50 bits per heavy atom. The molecule has 0 bridgehead atoms. The fraction of sp³-hybridized carbons (Fsp3) is 0.375. The normalized spacial score (nSPS) is 20.3. The molecule has 1 saturated heterocycles. The summed E-state index contributed by atoms with van der Waals surface area (Å²) in [6.07, 6.45) is 5.84. The molecule has 2 N–H and O–H groups in total. The number of nitrogens with one attached hydrogen (secondary N) is 2. The van der Waals surface area contributed by atoms with Crippen molar-refractivity contribution in [3.8, 4) is 5.88 Å². The second kappa shape index (κ2) is 6.69. The third kappa shape index (κ3) is 3.08. The Morgan fingerprint density at radius 2 is 2.33 bits per heavy atom. The van der Waals surface area contributed by atoms with Crippen LogP contribution >= 0.6 is 0 Å². The van der Waals surface area contributed by atoms with Gasteiger partial charge in [0.05, 0.1) is 37.4 Å². The summed E-state index contributed by atoms with van der Waals surface area (Å²) >= 11 is 0. The molecule has 3 rings (SSSR count). The van der Waals surface area contributed by atoms with Crippen LogP contribution in [0.3, 0.4) is 0 Å². The van der Waals surface area contributed by atoms with Gasteiger partial charge in [-0.2, -0.15) is 0 Å². The van der Waals surface area contributed by atoms with E-state index in [2.05, 4.69) is 20.6 Å². The molecule has 0 radical (unpaired) electrons. The highest BCUT2D eigenvalue weighted by Gasteiger charge is 2.33. The first-order chi connectivity index (χ1) is 11.6. The highest BCUT2D eigenvalue weighted by Crippen LogP contribution is 2.24. The predicted octanol–water partition coefficient (Wildman–Crippen LogP) is 0.573. The third-order valence-electron chi connectivity index (χ3n) is 4.10. The monoisotopic (exact) mass is 329 g/mol. The quantitative estimate of drug-likeness (QED) is 0.855. The van der Waals surface area contributed by atoms with Crippen molar-refractivity contribution in [1.29, 1.82) is 0 Å². The number of ether oxygens (including phenoxy) is 1. The summed E-state index contributed by atoms with van der Waals surface area (Å²) in [5.74, 6) is -0.0501. The van der Waals surface area contributed by atoms with E-state index < -0.39 is 0 Å². The van der Waals surface area contributed by atoms with Gasteiger partial charge in [-0.25, -0.2) is 9.97 Å². The zero-order valence-corrected chi connectivity index (χ0v) is 13.5. The molecule has 0 spiro atoms. The Kier molecular flexibility index (Phi) is 4.45. The van der Waals surface area contributed by atoms with Gasteiger partial charge in [0.15, 0.2) is 0 Å². The summed E-state index contributed by atoms with van der Waals surface area (Å²) < 4.78 is 6.97. The third-order valence-corrected chi connectivity index (χ3v) is 4.10. The van der Waals surface area contributed by atoms with Gasteiger partial charge in [-0.05, 0) is 18.6 Å². The number of hydrogen-bond acceptors (Lipinski definition) is 5. The minimum absolute atomic E-state index is 0.0364. The summed E-state index contributed by atoms with van der Waals surface area (Å²) in [7, 11) is 3.32. The summed E-state index contributed by atoms with van der Waals surface area (Å²) in [6, 6.07) is 2.77. The number of amides is 2. The molecule has 1 fully saturated rings. The van der Waals surface area contributed by atoms with Gasteiger partial charge < -0.3 is 19.9 Å². The number of nitrogens with zero attached hydrogens (tertiary/aromatic N) is 3. The number of piperidine rings is 1. The second-order valence-corrected chi connectivity index (χ2v) is 5.65. The molecular formula is C16H19N5O3. The van der Waals surface area contributed by atoms with Crippen LogP contribution in [0.15, 0.2) is 30.9 Å². The summed E-state index contributed by atoms with van der Waals surface area (Å²) in [5.41, 5.74) is 1.20. The number of methoxy groups -OCH3 is 1. The SMILES string of the molecule is COc1ncccc1C(=O)N[C@@H]1CCC(=O)N[C@H]1c1cncn1C. The van der Waals surface area contributed by atoms with E-state index in [9.17, 15) is 9.59 Å². The van der Waals surface area contributed by atoms with Crippen LogP contribution in [0.25, 0.3) is 0 Å². The smallest absolute Gasteiger partial charge is 0.257 e.